The van der Waals surface area contributed by atoms with Crippen molar-refractivity contribution >= 4 is 36.4 Å². The molecule has 0 unspecified atom stereocenters. The van der Waals surface area contributed by atoms with Crippen molar-refractivity contribution in [2.45, 2.75) is 32.7 Å². The van der Waals surface area contributed by atoms with E-state index in [9.17, 15) is 4.39 Å². The van der Waals surface area contributed by atoms with Crippen molar-refractivity contribution in [2.75, 3.05) is 32.8 Å². The van der Waals surface area contributed by atoms with E-state index >= 15 is 0 Å². The number of hydrogen-bond acceptors (Lipinski definition) is 3. The summed E-state index contributed by atoms with van der Waals surface area (Å²) in [5.41, 5.74) is 0.949. The number of nitrogens with one attached hydrogen (secondary N) is 1. The molecule has 1 atom stereocenters. The van der Waals surface area contributed by atoms with Crippen LogP contribution in [0.1, 0.15) is 38.3 Å². The molecule has 0 bridgehead atoms. The second-order valence-corrected chi connectivity index (χ2v) is 5.74. The lowest BCUT2D eigenvalue weighted by Crippen LogP contribution is -2.45. The van der Waals surface area contributed by atoms with E-state index in [1.54, 1.807) is 6.07 Å². The molecule has 3 nitrogen and oxygen atoms in total. The Morgan fingerprint density at radius 3 is 2.43 bits per heavy atom. The molecule has 23 heavy (non-hydrogen) atoms. The minimum absolute atomic E-state index is 0. The fourth-order valence-corrected chi connectivity index (χ4v) is 3.15. The fraction of sp³-hybridized carbons (Fsp3) is 0.625. The van der Waals surface area contributed by atoms with Crippen molar-refractivity contribution in [1.82, 2.24) is 10.2 Å². The highest BCUT2D eigenvalue weighted by molar-refractivity contribution is 6.32. The van der Waals surface area contributed by atoms with Gasteiger partial charge in [-0.1, -0.05) is 24.9 Å². The number of hydrogen-bond donors (Lipinski definition) is 1. The Balaban J connectivity index is 0.00000242. The Kier molecular flexibility index (Phi) is 11.2. The standard InChI is InChI=1S/C16H24ClFN2O.2ClH/c1-3-5-15(20-8-6-19-7-9-20)12-10-13(17)16(21-4-2)14(18)11-12;;/h10-11,15,19H,3-9H2,1-2H3;2*1H/t15-;;/m0../s1. The topological polar surface area (TPSA) is 24.5 Å². The van der Waals surface area contributed by atoms with Crippen LogP contribution in [0.5, 0.6) is 5.75 Å². The Bertz CT molecular complexity index is 448. The Morgan fingerprint density at radius 2 is 1.91 bits per heavy atom. The summed E-state index contributed by atoms with van der Waals surface area (Å²) in [7, 11) is 0. The normalized spacial score (nSPS) is 16.2. The average molecular weight is 388 g/mol. The van der Waals surface area contributed by atoms with Gasteiger partial charge in [-0.15, -0.1) is 24.8 Å². The van der Waals surface area contributed by atoms with Gasteiger partial charge in [0.25, 0.3) is 0 Å². The largest absolute Gasteiger partial charge is 0.489 e. The highest BCUT2D eigenvalue weighted by atomic mass is 35.5. The first kappa shape index (κ1) is 22.7. The van der Waals surface area contributed by atoms with Crippen LogP contribution in [0.3, 0.4) is 0 Å². The molecule has 1 heterocycles. The summed E-state index contributed by atoms with van der Waals surface area (Å²) in [6.07, 6.45) is 2.06. The van der Waals surface area contributed by atoms with Crippen LogP contribution >= 0.6 is 36.4 Å². The smallest absolute Gasteiger partial charge is 0.173 e. The molecular weight excluding hydrogens is 362 g/mol. The summed E-state index contributed by atoms with van der Waals surface area (Å²) in [6, 6.07) is 3.66. The van der Waals surface area contributed by atoms with Gasteiger partial charge in [-0.2, -0.15) is 0 Å². The van der Waals surface area contributed by atoms with Gasteiger partial charge in [-0.25, -0.2) is 4.39 Å². The van der Waals surface area contributed by atoms with Crippen molar-refractivity contribution in [2.24, 2.45) is 0 Å². The van der Waals surface area contributed by atoms with Crippen LogP contribution in [-0.2, 0) is 0 Å². The second kappa shape index (κ2) is 11.3. The summed E-state index contributed by atoms with van der Waals surface area (Å²) in [5, 5.41) is 3.71. The first-order valence-electron chi connectivity index (χ1n) is 7.73. The molecule has 134 valence electrons. The Hall–Kier alpha value is -0.260. The molecule has 1 aromatic rings. The third-order valence-electron chi connectivity index (χ3n) is 3.85. The molecule has 1 saturated heterocycles. The molecule has 0 spiro atoms. The SMILES string of the molecule is CCC[C@@H](c1cc(F)c(OCC)c(Cl)c1)N1CCNCC1.Cl.Cl. The van der Waals surface area contributed by atoms with Gasteiger partial charge in [-0.05, 0) is 31.0 Å². The van der Waals surface area contributed by atoms with E-state index in [1.165, 1.54) is 0 Å². The summed E-state index contributed by atoms with van der Waals surface area (Å²) in [5.74, 6) is -0.200. The molecule has 7 heteroatoms. The molecule has 1 N–H and O–H groups in total. The van der Waals surface area contributed by atoms with Crippen molar-refractivity contribution in [3.8, 4) is 5.75 Å². The monoisotopic (exact) mass is 386 g/mol. The van der Waals surface area contributed by atoms with Crippen LogP contribution in [0.15, 0.2) is 12.1 Å². The maximum Gasteiger partial charge on any atom is 0.173 e. The van der Waals surface area contributed by atoms with E-state index in [4.69, 9.17) is 16.3 Å². The predicted octanol–water partition coefficient (Wildman–Crippen LogP) is 4.47. The molecule has 1 aliphatic rings. The molecular formula is C16H26Cl3FN2O. The zero-order valence-electron chi connectivity index (χ0n) is 13.6. The van der Waals surface area contributed by atoms with Crippen molar-refractivity contribution < 1.29 is 9.13 Å². The number of halogens is 4. The van der Waals surface area contributed by atoms with E-state index in [-0.39, 0.29) is 42.4 Å². The lowest BCUT2D eigenvalue weighted by molar-refractivity contribution is 0.164. The van der Waals surface area contributed by atoms with Gasteiger partial charge < -0.3 is 10.1 Å². The molecule has 2 rings (SSSR count). The van der Waals surface area contributed by atoms with Gasteiger partial charge in [-0.3, -0.25) is 4.90 Å². The lowest BCUT2D eigenvalue weighted by Gasteiger charge is -2.35. The van der Waals surface area contributed by atoms with Crippen molar-refractivity contribution in [3.05, 3.63) is 28.5 Å². The van der Waals surface area contributed by atoms with E-state index in [1.807, 2.05) is 13.0 Å². The zero-order valence-corrected chi connectivity index (χ0v) is 16.0. The average Bonchev–Trinajstić information content (AvgIpc) is 2.49. The maximum atomic E-state index is 14.2. The molecule has 1 aromatic carbocycles. The van der Waals surface area contributed by atoms with Gasteiger partial charge in [0.15, 0.2) is 11.6 Å². The predicted molar refractivity (Wildman–Crippen MR) is 99.2 cm³/mol. The second-order valence-electron chi connectivity index (χ2n) is 5.34. The molecule has 1 fully saturated rings. The third-order valence-corrected chi connectivity index (χ3v) is 4.13. The first-order chi connectivity index (χ1) is 10.2. The molecule has 0 amide bonds. The molecule has 0 aromatic heterocycles. The summed E-state index contributed by atoms with van der Waals surface area (Å²) >= 11 is 6.20. The van der Waals surface area contributed by atoms with Crippen LogP contribution in [0.4, 0.5) is 4.39 Å². The van der Waals surface area contributed by atoms with Gasteiger partial charge >= 0.3 is 0 Å². The van der Waals surface area contributed by atoms with Crippen LogP contribution in [-0.4, -0.2) is 37.7 Å². The van der Waals surface area contributed by atoms with Gasteiger partial charge in [0.1, 0.15) is 0 Å². The summed E-state index contributed by atoms with van der Waals surface area (Å²) < 4.78 is 19.5. The Labute approximate surface area is 155 Å². The summed E-state index contributed by atoms with van der Waals surface area (Å²) in [6.45, 7) is 8.31. The molecule has 1 aliphatic heterocycles. The highest BCUT2D eigenvalue weighted by Crippen LogP contribution is 2.34. The van der Waals surface area contributed by atoms with Gasteiger partial charge in [0.05, 0.1) is 11.6 Å². The van der Waals surface area contributed by atoms with Crippen LogP contribution in [0.2, 0.25) is 5.02 Å². The van der Waals surface area contributed by atoms with Crippen molar-refractivity contribution in [3.63, 3.8) is 0 Å². The van der Waals surface area contributed by atoms with E-state index in [0.717, 1.165) is 44.6 Å². The molecule has 0 radical (unpaired) electrons. The van der Waals surface area contributed by atoms with Crippen LogP contribution < -0.4 is 10.1 Å². The molecule has 0 aliphatic carbocycles. The van der Waals surface area contributed by atoms with Gasteiger partial charge in [0, 0.05) is 32.2 Å². The fourth-order valence-electron chi connectivity index (χ4n) is 2.88. The number of piperazine rings is 1. The lowest BCUT2D eigenvalue weighted by atomic mass is 9.99. The molecule has 0 saturated carbocycles. The number of rotatable bonds is 6. The van der Waals surface area contributed by atoms with E-state index in [0.29, 0.717) is 11.6 Å². The number of ether oxygens (including phenoxy) is 1. The van der Waals surface area contributed by atoms with Crippen LogP contribution in [0, 0.1) is 5.82 Å². The zero-order chi connectivity index (χ0) is 15.2. The summed E-state index contributed by atoms with van der Waals surface area (Å²) in [4.78, 5) is 2.41. The van der Waals surface area contributed by atoms with Crippen LogP contribution in [0.25, 0.3) is 0 Å². The first-order valence-corrected chi connectivity index (χ1v) is 8.11. The maximum absolute atomic E-state index is 14.2. The number of nitrogens with zero attached hydrogens (tertiary/aromatic N) is 1. The number of benzene rings is 1. The minimum atomic E-state index is -0.365. The Morgan fingerprint density at radius 1 is 1.26 bits per heavy atom. The van der Waals surface area contributed by atoms with E-state index < -0.39 is 0 Å². The highest BCUT2D eigenvalue weighted by Gasteiger charge is 2.23. The van der Waals surface area contributed by atoms with Gasteiger partial charge in [0.2, 0.25) is 0 Å². The van der Waals surface area contributed by atoms with Crippen molar-refractivity contribution in [1.29, 1.82) is 0 Å². The van der Waals surface area contributed by atoms with E-state index in [2.05, 4.69) is 17.1 Å². The minimum Gasteiger partial charge on any atom is -0.489 e. The third kappa shape index (κ3) is 5.95. The quantitative estimate of drug-likeness (QED) is 0.779.